The van der Waals surface area contributed by atoms with Gasteiger partial charge in [0.2, 0.25) is 6.10 Å². The fourth-order valence-corrected chi connectivity index (χ4v) is 2.23. The number of hydrogen-bond donors (Lipinski definition) is 3. The van der Waals surface area contributed by atoms with Gasteiger partial charge in [-0.2, -0.15) is 0 Å². The molecule has 3 N–H and O–H groups in total. The quantitative estimate of drug-likeness (QED) is 0.720. The van der Waals surface area contributed by atoms with E-state index in [9.17, 15) is 14.4 Å². The van der Waals surface area contributed by atoms with Gasteiger partial charge in [-0.1, -0.05) is 0 Å². The number of fused-ring (bicyclic) bond motifs is 1. The van der Waals surface area contributed by atoms with E-state index in [-0.39, 0.29) is 23.0 Å². The van der Waals surface area contributed by atoms with Crippen molar-refractivity contribution in [2.24, 2.45) is 0 Å². The Kier molecular flexibility index (Phi) is 2.83. The molecule has 9 heteroatoms. The summed E-state index contributed by atoms with van der Waals surface area (Å²) in [6.07, 6.45) is -1.35. The molecule has 1 aliphatic rings. The van der Waals surface area contributed by atoms with E-state index in [0.29, 0.717) is 11.3 Å². The lowest BCUT2D eigenvalue weighted by Gasteiger charge is -2.22. The van der Waals surface area contributed by atoms with Crippen molar-refractivity contribution >= 4 is 29.2 Å². The topological polar surface area (TPSA) is 130 Å². The third-order valence-electron chi connectivity index (χ3n) is 2.13. The van der Waals surface area contributed by atoms with Gasteiger partial charge in [0, 0.05) is 0 Å². The number of aliphatic carboxylic acids is 1. The van der Waals surface area contributed by atoms with Crippen LogP contribution in [-0.4, -0.2) is 45.9 Å². The molecule has 18 heavy (non-hydrogen) atoms. The van der Waals surface area contributed by atoms with Crippen molar-refractivity contribution in [1.29, 1.82) is 0 Å². The zero-order valence-corrected chi connectivity index (χ0v) is 9.39. The molecule has 0 radical (unpaired) electrons. The predicted octanol–water partition coefficient (Wildman–Crippen LogP) is 0.369. The second-order valence-electron chi connectivity index (χ2n) is 3.28. The lowest BCUT2D eigenvalue weighted by atomic mass is 10.3. The standard InChI is InChI=1S/C9H6O8S/c10-7(11)2-1-16-3-4(17-2)6(9(14)15)18-5(3)8(12)13/h2H,1H2,(H,10,11)(H,12,13)(H,14,15). The number of rotatable bonds is 3. The van der Waals surface area contributed by atoms with Crippen LogP contribution in [0.3, 0.4) is 0 Å². The van der Waals surface area contributed by atoms with E-state index in [4.69, 9.17) is 24.8 Å². The number of carbonyl (C=O) groups is 3. The van der Waals surface area contributed by atoms with Crippen LogP contribution >= 0.6 is 11.3 Å². The van der Waals surface area contributed by atoms with Gasteiger partial charge >= 0.3 is 17.9 Å². The number of aromatic carboxylic acids is 2. The zero-order valence-electron chi connectivity index (χ0n) is 8.58. The molecule has 8 nitrogen and oxygen atoms in total. The molecule has 96 valence electrons. The van der Waals surface area contributed by atoms with Crippen LogP contribution in [0.5, 0.6) is 11.5 Å². The number of carboxylic acid groups (broad SMARTS) is 3. The van der Waals surface area contributed by atoms with Crippen LogP contribution in [0, 0.1) is 0 Å². The minimum atomic E-state index is -1.40. The van der Waals surface area contributed by atoms with Gasteiger partial charge in [-0.05, 0) is 0 Å². The summed E-state index contributed by atoms with van der Waals surface area (Å²) in [5.41, 5.74) is 0. The molecule has 1 aromatic heterocycles. The van der Waals surface area contributed by atoms with Crippen LogP contribution in [0.4, 0.5) is 0 Å². The molecule has 0 saturated heterocycles. The van der Waals surface area contributed by atoms with Gasteiger partial charge in [-0.15, -0.1) is 11.3 Å². The highest BCUT2D eigenvalue weighted by molar-refractivity contribution is 7.16. The summed E-state index contributed by atoms with van der Waals surface area (Å²) in [6.45, 7) is -0.377. The lowest BCUT2D eigenvalue weighted by molar-refractivity contribution is -0.147. The van der Waals surface area contributed by atoms with Gasteiger partial charge in [0.25, 0.3) is 0 Å². The van der Waals surface area contributed by atoms with E-state index in [1.54, 1.807) is 0 Å². The SMILES string of the molecule is O=C(O)c1sc(C(=O)O)c2c1OCC(C(=O)O)O2. The lowest BCUT2D eigenvalue weighted by Crippen LogP contribution is -2.36. The van der Waals surface area contributed by atoms with E-state index < -0.39 is 28.9 Å². The van der Waals surface area contributed by atoms with E-state index in [2.05, 4.69) is 0 Å². The molecule has 0 aromatic carbocycles. The van der Waals surface area contributed by atoms with Crippen LogP contribution < -0.4 is 9.47 Å². The molecule has 2 rings (SSSR count). The first-order chi connectivity index (χ1) is 8.41. The average Bonchev–Trinajstić information content (AvgIpc) is 2.67. The van der Waals surface area contributed by atoms with Crippen molar-refractivity contribution in [3.8, 4) is 11.5 Å². The summed E-state index contributed by atoms with van der Waals surface area (Å²) in [7, 11) is 0. The van der Waals surface area contributed by atoms with Crippen molar-refractivity contribution in [2.75, 3.05) is 6.61 Å². The highest BCUT2D eigenvalue weighted by Crippen LogP contribution is 2.44. The maximum absolute atomic E-state index is 10.9. The van der Waals surface area contributed by atoms with Gasteiger partial charge in [-0.25, -0.2) is 14.4 Å². The summed E-state index contributed by atoms with van der Waals surface area (Å²) in [6, 6.07) is 0. The first kappa shape index (κ1) is 12.2. The predicted molar refractivity (Wildman–Crippen MR) is 55.8 cm³/mol. The Morgan fingerprint density at radius 1 is 1.06 bits per heavy atom. The van der Waals surface area contributed by atoms with Crippen molar-refractivity contribution in [2.45, 2.75) is 6.10 Å². The second kappa shape index (κ2) is 4.18. The Bertz CT molecular complexity index is 545. The molecule has 1 unspecified atom stereocenters. The molecule has 2 heterocycles. The highest BCUT2D eigenvalue weighted by Gasteiger charge is 2.36. The Morgan fingerprint density at radius 2 is 1.61 bits per heavy atom. The van der Waals surface area contributed by atoms with Crippen LogP contribution in [0.2, 0.25) is 0 Å². The third-order valence-corrected chi connectivity index (χ3v) is 3.25. The molecular weight excluding hydrogens is 268 g/mol. The number of thiophene rings is 1. The van der Waals surface area contributed by atoms with Gasteiger partial charge in [0.1, 0.15) is 6.61 Å². The normalized spacial score (nSPS) is 17.2. The van der Waals surface area contributed by atoms with Crippen molar-refractivity contribution in [1.82, 2.24) is 0 Å². The summed E-state index contributed by atoms with van der Waals surface area (Å²) in [5.74, 6) is -4.66. The van der Waals surface area contributed by atoms with Gasteiger partial charge in [0.05, 0.1) is 0 Å². The number of carboxylic acids is 3. The van der Waals surface area contributed by atoms with Gasteiger partial charge < -0.3 is 24.8 Å². The second-order valence-corrected chi connectivity index (χ2v) is 4.31. The average molecular weight is 274 g/mol. The van der Waals surface area contributed by atoms with Gasteiger partial charge in [-0.3, -0.25) is 0 Å². The molecule has 1 aliphatic heterocycles. The van der Waals surface area contributed by atoms with E-state index in [0.717, 1.165) is 0 Å². The van der Waals surface area contributed by atoms with Crippen LogP contribution in [0.15, 0.2) is 0 Å². The minimum absolute atomic E-state index is 0.234. The van der Waals surface area contributed by atoms with Crippen LogP contribution in [-0.2, 0) is 4.79 Å². The molecule has 1 atom stereocenters. The fourth-order valence-electron chi connectivity index (χ4n) is 1.38. The first-order valence-corrected chi connectivity index (χ1v) is 5.39. The van der Waals surface area contributed by atoms with E-state index in [1.807, 2.05) is 0 Å². The largest absolute Gasteiger partial charge is 0.483 e. The number of ether oxygens (including phenoxy) is 2. The molecule has 0 aliphatic carbocycles. The smallest absolute Gasteiger partial charge is 0.349 e. The minimum Gasteiger partial charge on any atom is -0.483 e. The zero-order chi connectivity index (χ0) is 13.4. The number of hydrogen-bond acceptors (Lipinski definition) is 6. The Balaban J connectivity index is 2.51. The Morgan fingerprint density at radius 3 is 2.11 bits per heavy atom. The maximum Gasteiger partial charge on any atom is 0.349 e. The first-order valence-electron chi connectivity index (χ1n) is 4.57. The maximum atomic E-state index is 10.9. The van der Waals surface area contributed by atoms with Crippen LogP contribution in [0.1, 0.15) is 19.3 Å². The molecule has 0 fully saturated rings. The summed E-state index contributed by atoms with van der Waals surface area (Å²) < 4.78 is 9.94. The van der Waals surface area contributed by atoms with Crippen molar-refractivity contribution in [3.05, 3.63) is 9.75 Å². The molecule has 0 spiro atoms. The molecular formula is C9H6O8S. The summed E-state index contributed by atoms with van der Waals surface area (Å²) in [4.78, 5) is 31.8. The monoisotopic (exact) mass is 274 g/mol. The van der Waals surface area contributed by atoms with E-state index in [1.165, 1.54) is 0 Å². The van der Waals surface area contributed by atoms with Crippen molar-refractivity contribution < 1.29 is 39.2 Å². The summed E-state index contributed by atoms with van der Waals surface area (Å²) >= 11 is 0.463. The molecule has 0 saturated carbocycles. The van der Waals surface area contributed by atoms with Crippen molar-refractivity contribution in [3.63, 3.8) is 0 Å². The molecule has 1 aromatic rings. The van der Waals surface area contributed by atoms with E-state index >= 15 is 0 Å². The third kappa shape index (κ3) is 1.84. The fraction of sp³-hybridized carbons (Fsp3) is 0.222. The van der Waals surface area contributed by atoms with Crippen LogP contribution in [0.25, 0.3) is 0 Å². The highest BCUT2D eigenvalue weighted by atomic mass is 32.1. The molecule has 0 amide bonds. The summed E-state index contributed by atoms with van der Waals surface area (Å²) in [5, 5.41) is 26.5. The Labute approximate surface area is 103 Å². The Hall–Kier alpha value is -2.29. The molecule has 0 bridgehead atoms. The van der Waals surface area contributed by atoms with Gasteiger partial charge in [0.15, 0.2) is 21.3 Å².